The Morgan fingerprint density at radius 1 is 1.17 bits per heavy atom. The highest BCUT2D eigenvalue weighted by Crippen LogP contribution is 2.34. The Morgan fingerprint density at radius 2 is 2.00 bits per heavy atom. The first-order chi connectivity index (χ1) is 14.2. The van der Waals surface area contributed by atoms with E-state index < -0.39 is 0 Å². The van der Waals surface area contributed by atoms with E-state index in [1.807, 2.05) is 0 Å². The maximum absolute atomic E-state index is 6.06. The van der Waals surface area contributed by atoms with E-state index in [-0.39, 0.29) is 0 Å². The molecule has 3 aromatic heterocycles. The van der Waals surface area contributed by atoms with Crippen molar-refractivity contribution in [3.05, 3.63) is 41.0 Å². The van der Waals surface area contributed by atoms with Gasteiger partial charge in [0, 0.05) is 18.3 Å². The molecule has 7 nitrogen and oxygen atoms in total. The van der Waals surface area contributed by atoms with Crippen molar-refractivity contribution < 1.29 is 4.74 Å². The van der Waals surface area contributed by atoms with Crippen molar-refractivity contribution in [2.45, 2.75) is 71.1 Å². The van der Waals surface area contributed by atoms with Gasteiger partial charge in [-0.15, -0.1) is 5.10 Å². The van der Waals surface area contributed by atoms with Crippen LogP contribution in [0.4, 0.5) is 5.82 Å². The molecule has 154 valence electrons. The first-order valence-electron chi connectivity index (χ1n) is 10.7. The minimum absolute atomic E-state index is 0.291. The Hall–Kier alpha value is -2.70. The second-order valence-corrected chi connectivity index (χ2v) is 8.01. The molecule has 3 aromatic rings. The molecule has 0 bridgehead atoms. The SMILES string of the molecule is CCCCOc1nc(N)c2ncc(Cc3cc(C)c(C4CCCCC4)cn3)n2n1. The van der Waals surface area contributed by atoms with E-state index in [1.165, 1.54) is 43.2 Å². The molecule has 3 heterocycles. The molecule has 0 aromatic carbocycles. The Kier molecular flexibility index (Phi) is 5.92. The van der Waals surface area contributed by atoms with Crippen LogP contribution in [0.15, 0.2) is 18.5 Å². The summed E-state index contributed by atoms with van der Waals surface area (Å²) in [6.07, 6.45) is 13.1. The highest BCUT2D eigenvalue weighted by Gasteiger charge is 2.18. The molecule has 1 fully saturated rings. The van der Waals surface area contributed by atoms with E-state index in [9.17, 15) is 0 Å². The van der Waals surface area contributed by atoms with E-state index >= 15 is 0 Å². The lowest BCUT2D eigenvalue weighted by Gasteiger charge is -2.23. The van der Waals surface area contributed by atoms with Gasteiger partial charge in [0.1, 0.15) is 0 Å². The van der Waals surface area contributed by atoms with Crippen LogP contribution >= 0.6 is 0 Å². The van der Waals surface area contributed by atoms with Crippen molar-refractivity contribution in [2.75, 3.05) is 12.3 Å². The summed E-state index contributed by atoms with van der Waals surface area (Å²) in [7, 11) is 0. The minimum atomic E-state index is 0.291. The van der Waals surface area contributed by atoms with Gasteiger partial charge < -0.3 is 10.5 Å². The van der Waals surface area contributed by atoms with Crippen molar-refractivity contribution in [3.63, 3.8) is 0 Å². The van der Waals surface area contributed by atoms with Gasteiger partial charge in [-0.05, 0) is 49.3 Å². The van der Waals surface area contributed by atoms with Gasteiger partial charge in [0.2, 0.25) is 0 Å². The zero-order valence-corrected chi connectivity index (χ0v) is 17.4. The Labute approximate surface area is 171 Å². The van der Waals surface area contributed by atoms with E-state index in [4.69, 9.17) is 15.5 Å². The molecule has 4 rings (SSSR count). The smallest absolute Gasteiger partial charge is 0.336 e. The standard InChI is InChI=1S/C22H30N6O/c1-3-4-10-29-22-26-20(23)21-25-13-18(28(21)27-22)12-17-11-15(2)19(14-24-17)16-8-6-5-7-9-16/h11,13-14,16H,3-10,12H2,1-2H3,(H2,23,26,27). The van der Waals surface area contributed by atoms with Crippen LogP contribution in [0.2, 0.25) is 0 Å². The van der Waals surface area contributed by atoms with Gasteiger partial charge in [0.05, 0.1) is 18.5 Å². The van der Waals surface area contributed by atoms with E-state index in [2.05, 4.69) is 41.2 Å². The fourth-order valence-electron chi connectivity index (χ4n) is 4.17. The number of anilines is 1. The Morgan fingerprint density at radius 3 is 2.76 bits per heavy atom. The maximum atomic E-state index is 6.06. The topological polar surface area (TPSA) is 91.2 Å². The van der Waals surface area contributed by atoms with E-state index in [1.54, 1.807) is 10.7 Å². The van der Waals surface area contributed by atoms with Gasteiger partial charge in [-0.1, -0.05) is 32.6 Å². The molecule has 0 atom stereocenters. The van der Waals surface area contributed by atoms with Gasteiger partial charge in [-0.3, -0.25) is 4.98 Å². The number of unbranched alkanes of at least 4 members (excludes halogenated alkanes) is 1. The van der Waals surface area contributed by atoms with Crippen LogP contribution in [0.3, 0.4) is 0 Å². The van der Waals surface area contributed by atoms with Crippen molar-refractivity contribution >= 4 is 11.5 Å². The third-order valence-electron chi connectivity index (χ3n) is 5.78. The van der Waals surface area contributed by atoms with Gasteiger partial charge in [-0.2, -0.15) is 4.98 Å². The van der Waals surface area contributed by atoms with Crippen LogP contribution in [-0.2, 0) is 6.42 Å². The fourth-order valence-corrected chi connectivity index (χ4v) is 4.17. The van der Waals surface area contributed by atoms with Gasteiger partial charge in [0.15, 0.2) is 11.5 Å². The van der Waals surface area contributed by atoms with Crippen molar-refractivity contribution in [2.24, 2.45) is 0 Å². The van der Waals surface area contributed by atoms with E-state index in [0.29, 0.717) is 36.4 Å². The molecule has 0 spiro atoms. The molecule has 7 heteroatoms. The molecular formula is C22H30N6O. The molecule has 0 unspecified atom stereocenters. The lowest BCUT2D eigenvalue weighted by Crippen LogP contribution is -2.10. The zero-order valence-electron chi connectivity index (χ0n) is 17.4. The maximum Gasteiger partial charge on any atom is 0.336 e. The largest absolute Gasteiger partial charge is 0.462 e. The van der Waals surface area contributed by atoms with Crippen LogP contribution < -0.4 is 10.5 Å². The van der Waals surface area contributed by atoms with Crippen LogP contribution in [0.5, 0.6) is 6.01 Å². The molecule has 29 heavy (non-hydrogen) atoms. The summed E-state index contributed by atoms with van der Waals surface area (Å²) >= 11 is 0. The first-order valence-corrected chi connectivity index (χ1v) is 10.7. The van der Waals surface area contributed by atoms with Crippen LogP contribution in [-0.4, -0.2) is 31.2 Å². The summed E-state index contributed by atoms with van der Waals surface area (Å²) in [6, 6.07) is 2.49. The second kappa shape index (κ2) is 8.76. The number of hydrogen-bond donors (Lipinski definition) is 1. The van der Waals surface area contributed by atoms with Gasteiger partial charge in [-0.25, -0.2) is 9.50 Å². The second-order valence-electron chi connectivity index (χ2n) is 8.01. The molecule has 1 saturated carbocycles. The number of ether oxygens (including phenoxy) is 1. The molecule has 1 aliphatic carbocycles. The van der Waals surface area contributed by atoms with Crippen molar-refractivity contribution in [3.8, 4) is 6.01 Å². The average molecular weight is 395 g/mol. The van der Waals surface area contributed by atoms with Crippen LogP contribution in [0.1, 0.15) is 80.3 Å². The van der Waals surface area contributed by atoms with Gasteiger partial charge >= 0.3 is 6.01 Å². The number of nitrogens with two attached hydrogens (primary N) is 1. The third kappa shape index (κ3) is 4.33. The molecule has 0 aliphatic heterocycles. The highest BCUT2D eigenvalue weighted by atomic mass is 16.5. The van der Waals surface area contributed by atoms with Crippen LogP contribution in [0.25, 0.3) is 5.65 Å². The number of hydrogen-bond acceptors (Lipinski definition) is 6. The molecular weight excluding hydrogens is 364 g/mol. The molecule has 0 amide bonds. The number of aromatic nitrogens is 5. The van der Waals surface area contributed by atoms with Crippen molar-refractivity contribution in [1.82, 2.24) is 24.6 Å². The number of nitrogen functional groups attached to an aromatic ring is 1. The monoisotopic (exact) mass is 394 g/mol. The van der Waals surface area contributed by atoms with E-state index in [0.717, 1.165) is 24.2 Å². The summed E-state index contributed by atoms with van der Waals surface area (Å²) in [4.78, 5) is 13.4. The summed E-state index contributed by atoms with van der Waals surface area (Å²) in [5, 5.41) is 4.49. The Balaban J connectivity index is 1.56. The number of aryl methyl sites for hydroxylation is 1. The molecule has 1 aliphatic rings. The molecule has 2 N–H and O–H groups in total. The number of pyridine rings is 1. The minimum Gasteiger partial charge on any atom is -0.462 e. The van der Waals surface area contributed by atoms with Crippen LogP contribution in [0, 0.1) is 6.92 Å². The average Bonchev–Trinajstić information content (AvgIpc) is 3.12. The summed E-state index contributed by atoms with van der Waals surface area (Å²) < 4.78 is 7.38. The summed E-state index contributed by atoms with van der Waals surface area (Å²) in [5.74, 6) is 0.992. The van der Waals surface area contributed by atoms with Gasteiger partial charge in [0.25, 0.3) is 0 Å². The fraction of sp³-hybridized carbons (Fsp3) is 0.545. The highest BCUT2D eigenvalue weighted by molar-refractivity contribution is 5.59. The lowest BCUT2D eigenvalue weighted by atomic mass is 9.83. The normalized spacial score (nSPS) is 15.1. The summed E-state index contributed by atoms with van der Waals surface area (Å²) in [5.41, 5.74) is 11.3. The quantitative estimate of drug-likeness (QED) is 0.603. The Bertz CT molecular complexity index is 977. The third-order valence-corrected chi connectivity index (χ3v) is 5.78. The molecule has 0 radical (unpaired) electrons. The lowest BCUT2D eigenvalue weighted by molar-refractivity contribution is 0.280. The number of fused-ring (bicyclic) bond motifs is 1. The predicted octanol–water partition coefficient (Wildman–Crippen LogP) is 4.23. The predicted molar refractivity (Wildman–Crippen MR) is 113 cm³/mol. The zero-order chi connectivity index (χ0) is 20.2. The first kappa shape index (κ1) is 19.6. The van der Waals surface area contributed by atoms with Crippen molar-refractivity contribution in [1.29, 1.82) is 0 Å². The number of nitrogens with zero attached hydrogens (tertiary/aromatic N) is 5. The summed E-state index contributed by atoms with van der Waals surface area (Å²) in [6.45, 7) is 4.89. The number of imidazole rings is 1. The molecule has 0 saturated heterocycles. The number of rotatable bonds is 7.